The predicted molar refractivity (Wildman–Crippen MR) is 85.2 cm³/mol. The first-order valence-electron chi connectivity index (χ1n) is 8.50. The molecule has 0 amide bonds. The van der Waals surface area contributed by atoms with Crippen molar-refractivity contribution in [2.24, 2.45) is 0 Å². The van der Waals surface area contributed by atoms with Crippen LogP contribution in [-0.2, 0) is 4.74 Å². The summed E-state index contributed by atoms with van der Waals surface area (Å²) in [6.45, 7) is 16.3. The van der Waals surface area contributed by atoms with Crippen molar-refractivity contribution >= 4 is 0 Å². The van der Waals surface area contributed by atoms with Crippen LogP contribution in [0.5, 0.6) is 0 Å². The van der Waals surface area contributed by atoms with E-state index in [0.717, 1.165) is 26.3 Å². The molecule has 3 nitrogen and oxygen atoms in total. The summed E-state index contributed by atoms with van der Waals surface area (Å²) in [5, 5.41) is 0. The maximum Gasteiger partial charge on any atom is 0.0594 e. The van der Waals surface area contributed by atoms with Crippen LogP contribution in [0.1, 0.15) is 59.8 Å². The van der Waals surface area contributed by atoms with E-state index < -0.39 is 0 Å². The first-order valence-corrected chi connectivity index (χ1v) is 8.50. The lowest BCUT2D eigenvalue weighted by Crippen LogP contribution is -2.52. The Morgan fingerprint density at radius 2 is 1.15 bits per heavy atom. The highest BCUT2D eigenvalue weighted by Crippen LogP contribution is 2.30. The second kappa shape index (κ2) is 6.76. The topological polar surface area (TPSA) is 15.7 Å². The Kier molecular flexibility index (Phi) is 5.49. The van der Waals surface area contributed by atoms with Crippen LogP contribution in [0.2, 0.25) is 0 Å². The lowest BCUT2D eigenvalue weighted by atomic mass is 9.86. The second-order valence-electron chi connectivity index (χ2n) is 7.77. The molecule has 3 heteroatoms. The van der Waals surface area contributed by atoms with Gasteiger partial charge in [0.2, 0.25) is 0 Å². The van der Waals surface area contributed by atoms with E-state index in [4.69, 9.17) is 4.74 Å². The van der Waals surface area contributed by atoms with Gasteiger partial charge in [-0.1, -0.05) is 6.42 Å². The van der Waals surface area contributed by atoms with E-state index in [1.807, 2.05) is 0 Å². The van der Waals surface area contributed by atoms with E-state index in [1.165, 1.54) is 45.2 Å². The van der Waals surface area contributed by atoms with Crippen LogP contribution >= 0.6 is 0 Å². The van der Waals surface area contributed by atoms with Crippen LogP contribution < -0.4 is 0 Å². The van der Waals surface area contributed by atoms with Crippen molar-refractivity contribution in [3.63, 3.8) is 0 Å². The van der Waals surface area contributed by atoms with Gasteiger partial charge in [-0.25, -0.2) is 0 Å². The van der Waals surface area contributed by atoms with Gasteiger partial charge >= 0.3 is 0 Å². The number of hydrogen-bond donors (Lipinski definition) is 0. The third-order valence-corrected chi connectivity index (χ3v) is 5.43. The second-order valence-corrected chi connectivity index (χ2v) is 7.77. The maximum atomic E-state index is 5.49. The normalized spacial score (nSPS) is 24.0. The number of nitrogens with zero attached hydrogens (tertiary/aromatic N) is 2. The fourth-order valence-electron chi connectivity index (χ4n) is 3.60. The Bertz CT molecular complexity index is 259. The minimum absolute atomic E-state index is 0.302. The van der Waals surface area contributed by atoms with Crippen molar-refractivity contribution < 1.29 is 4.74 Å². The molecule has 0 radical (unpaired) electrons. The molecule has 0 bridgehead atoms. The Morgan fingerprint density at radius 1 is 0.700 bits per heavy atom. The van der Waals surface area contributed by atoms with Gasteiger partial charge in [-0.3, -0.25) is 9.80 Å². The summed E-state index contributed by atoms with van der Waals surface area (Å²) in [6.07, 6.45) is 6.76. The summed E-state index contributed by atoms with van der Waals surface area (Å²) >= 11 is 0. The molecule has 0 aromatic carbocycles. The zero-order valence-electron chi connectivity index (χ0n) is 14.1. The molecular weight excluding hydrogens is 248 g/mol. The fourth-order valence-corrected chi connectivity index (χ4v) is 3.60. The van der Waals surface area contributed by atoms with Gasteiger partial charge in [0.15, 0.2) is 0 Å². The van der Waals surface area contributed by atoms with Crippen molar-refractivity contribution in [3.05, 3.63) is 0 Å². The summed E-state index contributed by atoms with van der Waals surface area (Å²) in [6, 6.07) is 0. The van der Waals surface area contributed by atoms with E-state index in [2.05, 4.69) is 37.5 Å². The highest BCUT2D eigenvalue weighted by Gasteiger charge is 2.33. The number of likely N-dealkylation sites (tertiary alicyclic amines) is 1. The number of morpholine rings is 1. The van der Waals surface area contributed by atoms with Gasteiger partial charge in [0.25, 0.3) is 0 Å². The molecular formula is C17H34N2O. The Hall–Kier alpha value is -0.120. The van der Waals surface area contributed by atoms with E-state index in [9.17, 15) is 0 Å². The average Bonchev–Trinajstić information content (AvgIpc) is 2.47. The zero-order chi connectivity index (χ0) is 14.6. The molecule has 2 fully saturated rings. The molecule has 0 saturated carbocycles. The molecule has 0 atom stereocenters. The molecule has 0 aliphatic carbocycles. The minimum atomic E-state index is 0.302. The molecule has 2 rings (SSSR count). The fraction of sp³-hybridized carbons (Fsp3) is 1.00. The van der Waals surface area contributed by atoms with Crippen LogP contribution in [0.15, 0.2) is 0 Å². The molecule has 0 N–H and O–H groups in total. The molecule has 0 aromatic rings. The van der Waals surface area contributed by atoms with Crippen molar-refractivity contribution in [2.45, 2.75) is 70.9 Å². The van der Waals surface area contributed by atoms with Gasteiger partial charge in [-0.05, 0) is 66.5 Å². The molecule has 0 spiro atoms. The quantitative estimate of drug-likeness (QED) is 0.770. The standard InChI is InChI=1S/C17H34N2O/c1-16(2,18-10-6-5-7-11-18)8-9-17(3,4)19-12-14-20-15-13-19/h5-15H2,1-4H3. The predicted octanol–water partition coefficient (Wildman–Crippen LogP) is 3.14. The van der Waals surface area contributed by atoms with Gasteiger partial charge in [-0.2, -0.15) is 0 Å². The van der Waals surface area contributed by atoms with Gasteiger partial charge in [-0.15, -0.1) is 0 Å². The lowest BCUT2D eigenvalue weighted by molar-refractivity contribution is -0.0198. The third kappa shape index (κ3) is 4.19. The van der Waals surface area contributed by atoms with Gasteiger partial charge in [0.05, 0.1) is 13.2 Å². The highest BCUT2D eigenvalue weighted by molar-refractivity contribution is 4.90. The SMILES string of the molecule is CC(C)(CCC(C)(C)N1CCOCC1)N1CCCCC1. The van der Waals surface area contributed by atoms with Crippen LogP contribution in [0.3, 0.4) is 0 Å². The van der Waals surface area contributed by atoms with E-state index in [1.54, 1.807) is 0 Å². The summed E-state index contributed by atoms with van der Waals surface area (Å²) in [7, 11) is 0. The van der Waals surface area contributed by atoms with Crippen molar-refractivity contribution in [1.29, 1.82) is 0 Å². The molecule has 2 saturated heterocycles. The summed E-state index contributed by atoms with van der Waals surface area (Å²) in [5.74, 6) is 0. The van der Waals surface area contributed by atoms with Crippen LogP contribution in [0.4, 0.5) is 0 Å². The lowest BCUT2D eigenvalue weighted by Gasteiger charge is -2.45. The first kappa shape index (κ1) is 16.3. The smallest absolute Gasteiger partial charge is 0.0594 e. The maximum absolute atomic E-state index is 5.49. The largest absolute Gasteiger partial charge is 0.379 e. The number of ether oxygens (including phenoxy) is 1. The van der Waals surface area contributed by atoms with Crippen LogP contribution in [0, 0.1) is 0 Å². The summed E-state index contributed by atoms with van der Waals surface area (Å²) in [5.41, 5.74) is 0.654. The van der Waals surface area contributed by atoms with Crippen LogP contribution in [0.25, 0.3) is 0 Å². The van der Waals surface area contributed by atoms with E-state index in [0.29, 0.717) is 11.1 Å². The molecule has 20 heavy (non-hydrogen) atoms. The van der Waals surface area contributed by atoms with Gasteiger partial charge < -0.3 is 4.74 Å². The Morgan fingerprint density at radius 3 is 1.65 bits per heavy atom. The van der Waals surface area contributed by atoms with Crippen LogP contribution in [-0.4, -0.2) is 60.3 Å². The van der Waals surface area contributed by atoms with Gasteiger partial charge in [0, 0.05) is 24.2 Å². The van der Waals surface area contributed by atoms with Crippen molar-refractivity contribution in [3.8, 4) is 0 Å². The summed E-state index contributed by atoms with van der Waals surface area (Å²) < 4.78 is 5.49. The third-order valence-electron chi connectivity index (χ3n) is 5.43. The van der Waals surface area contributed by atoms with Gasteiger partial charge in [0.1, 0.15) is 0 Å². The molecule has 0 unspecified atom stereocenters. The molecule has 118 valence electrons. The molecule has 0 aromatic heterocycles. The molecule has 2 aliphatic rings. The average molecular weight is 282 g/mol. The number of piperidine rings is 1. The number of rotatable bonds is 5. The monoisotopic (exact) mass is 282 g/mol. The highest BCUT2D eigenvalue weighted by atomic mass is 16.5. The van der Waals surface area contributed by atoms with Crippen molar-refractivity contribution in [1.82, 2.24) is 9.80 Å². The van der Waals surface area contributed by atoms with E-state index >= 15 is 0 Å². The minimum Gasteiger partial charge on any atom is -0.379 e. The Labute approximate surface area is 125 Å². The number of hydrogen-bond acceptors (Lipinski definition) is 3. The molecule has 2 heterocycles. The van der Waals surface area contributed by atoms with Crippen molar-refractivity contribution in [2.75, 3.05) is 39.4 Å². The zero-order valence-corrected chi connectivity index (χ0v) is 14.1. The molecule has 2 aliphatic heterocycles. The first-order chi connectivity index (χ1) is 9.42. The van der Waals surface area contributed by atoms with E-state index in [-0.39, 0.29) is 0 Å². The Balaban J connectivity index is 1.85. The summed E-state index contributed by atoms with van der Waals surface area (Å²) in [4.78, 5) is 5.33.